The number of anilines is 1. The van der Waals surface area contributed by atoms with Gasteiger partial charge in [0.15, 0.2) is 19.8 Å². The van der Waals surface area contributed by atoms with Crippen LogP contribution < -0.4 is 5.73 Å². The van der Waals surface area contributed by atoms with Crippen LogP contribution in [0.2, 0.25) is 18.1 Å². The number of imidazole rings is 1. The van der Waals surface area contributed by atoms with Crippen LogP contribution in [0.3, 0.4) is 0 Å². The predicted octanol–water partition coefficient (Wildman–Crippen LogP) is 6.30. The Bertz CT molecular complexity index is 1610. The van der Waals surface area contributed by atoms with Crippen molar-refractivity contribution in [3.63, 3.8) is 0 Å². The zero-order valence-electron chi connectivity index (χ0n) is 23.1. The van der Waals surface area contributed by atoms with Gasteiger partial charge >= 0.3 is 0 Å². The highest BCUT2D eigenvalue weighted by molar-refractivity contribution is 6.74. The van der Waals surface area contributed by atoms with Crippen LogP contribution in [0.25, 0.3) is 39.5 Å². The SMILES string of the molecule is Cc1nn(C)cc1-c1ccc2nc(-c3cccnc3N)n(-c3ccc(CO[Si](C)(C)C(C)(C)C)cc3)c2n1. The van der Waals surface area contributed by atoms with E-state index in [0.29, 0.717) is 18.2 Å². The summed E-state index contributed by atoms with van der Waals surface area (Å²) in [5, 5.41) is 4.66. The van der Waals surface area contributed by atoms with Gasteiger partial charge in [-0.25, -0.2) is 15.0 Å². The molecule has 0 fully saturated rings. The molecule has 0 spiro atoms. The molecule has 0 radical (unpaired) electrons. The number of benzene rings is 1. The van der Waals surface area contributed by atoms with Gasteiger partial charge in [0.05, 0.1) is 23.6 Å². The normalized spacial score (nSPS) is 12.4. The Balaban J connectivity index is 1.61. The van der Waals surface area contributed by atoms with E-state index >= 15 is 0 Å². The summed E-state index contributed by atoms with van der Waals surface area (Å²) in [6.07, 6.45) is 3.67. The van der Waals surface area contributed by atoms with Crippen LogP contribution in [0.5, 0.6) is 0 Å². The molecule has 0 atom stereocenters. The molecule has 4 aromatic heterocycles. The standard InChI is InChI=1S/C29H35N7OSi/c1-19-23(17-35(5)34-19)24-14-15-25-28(32-24)36(27(33-25)22-9-8-16-31-26(22)30)21-12-10-20(11-13-21)18-37-38(6,7)29(2,3)4/h8-17H,18H2,1-7H3,(H2,30,31). The number of rotatable bonds is 6. The van der Waals surface area contributed by atoms with Crippen LogP contribution in [0.15, 0.2) is 60.9 Å². The first-order valence-electron chi connectivity index (χ1n) is 12.8. The van der Waals surface area contributed by atoms with Gasteiger partial charge < -0.3 is 10.2 Å². The molecule has 5 aromatic rings. The van der Waals surface area contributed by atoms with Crippen molar-refractivity contribution in [2.45, 2.75) is 52.4 Å². The van der Waals surface area contributed by atoms with Gasteiger partial charge in [-0.05, 0) is 67.0 Å². The Labute approximate surface area is 224 Å². The molecule has 2 N–H and O–H groups in total. The number of hydrogen-bond donors (Lipinski definition) is 1. The fourth-order valence-electron chi connectivity index (χ4n) is 4.21. The van der Waals surface area contributed by atoms with Gasteiger partial charge in [0.25, 0.3) is 0 Å². The molecule has 196 valence electrons. The van der Waals surface area contributed by atoms with Crippen LogP contribution in [-0.4, -0.2) is 37.6 Å². The quantitative estimate of drug-likeness (QED) is 0.262. The van der Waals surface area contributed by atoms with E-state index < -0.39 is 8.32 Å². The number of pyridine rings is 2. The minimum Gasteiger partial charge on any atom is -0.413 e. The fraction of sp³-hybridized carbons (Fsp3) is 0.310. The monoisotopic (exact) mass is 525 g/mol. The molecule has 8 nitrogen and oxygen atoms in total. The van der Waals surface area contributed by atoms with Crippen molar-refractivity contribution in [2.75, 3.05) is 5.73 Å². The fourth-order valence-corrected chi connectivity index (χ4v) is 5.17. The molecule has 0 unspecified atom stereocenters. The molecule has 0 aliphatic rings. The molecule has 0 bridgehead atoms. The van der Waals surface area contributed by atoms with E-state index in [1.165, 1.54) is 0 Å². The van der Waals surface area contributed by atoms with E-state index in [1.807, 2.05) is 44.4 Å². The topological polar surface area (TPSA) is 96.7 Å². The average Bonchev–Trinajstić information content (AvgIpc) is 3.41. The zero-order valence-corrected chi connectivity index (χ0v) is 24.1. The third kappa shape index (κ3) is 4.75. The zero-order chi connectivity index (χ0) is 27.2. The van der Waals surface area contributed by atoms with Crippen molar-refractivity contribution < 1.29 is 4.43 Å². The van der Waals surface area contributed by atoms with Gasteiger partial charge in [0, 0.05) is 30.7 Å². The smallest absolute Gasteiger partial charge is 0.192 e. The summed E-state index contributed by atoms with van der Waals surface area (Å²) in [7, 11) is 0.0712. The van der Waals surface area contributed by atoms with Gasteiger partial charge in [-0.15, -0.1) is 0 Å². The Morgan fingerprint density at radius 3 is 2.34 bits per heavy atom. The Morgan fingerprint density at radius 2 is 1.71 bits per heavy atom. The summed E-state index contributed by atoms with van der Waals surface area (Å²) in [5.41, 5.74) is 13.4. The second-order valence-electron chi connectivity index (χ2n) is 11.3. The number of aryl methyl sites for hydroxylation is 2. The second-order valence-corrected chi connectivity index (χ2v) is 16.1. The minimum atomic E-state index is -1.84. The maximum atomic E-state index is 6.44. The number of nitrogens with two attached hydrogens (primary N) is 1. The number of nitrogen functional groups attached to an aromatic ring is 1. The van der Waals surface area contributed by atoms with E-state index in [1.54, 1.807) is 10.9 Å². The molecule has 0 saturated carbocycles. The molecule has 0 amide bonds. The van der Waals surface area contributed by atoms with Crippen molar-refractivity contribution in [1.29, 1.82) is 0 Å². The first-order valence-corrected chi connectivity index (χ1v) is 15.7. The van der Waals surface area contributed by atoms with Gasteiger partial charge in [-0.3, -0.25) is 9.25 Å². The summed E-state index contributed by atoms with van der Waals surface area (Å²) >= 11 is 0. The first-order chi connectivity index (χ1) is 17.9. The lowest BCUT2D eigenvalue weighted by Crippen LogP contribution is -2.40. The van der Waals surface area contributed by atoms with E-state index in [0.717, 1.165) is 44.9 Å². The van der Waals surface area contributed by atoms with Gasteiger partial charge in [-0.2, -0.15) is 5.10 Å². The highest BCUT2D eigenvalue weighted by Gasteiger charge is 2.37. The van der Waals surface area contributed by atoms with Crippen LogP contribution in [-0.2, 0) is 18.1 Å². The maximum Gasteiger partial charge on any atom is 0.192 e. The van der Waals surface area contributed by atoms with Crippen molar-refractivity contribution in [1.82, 2.24) is 29.3 Å². The van der Waals surface area contributed by atoms with E-state index in [2.05, 4.69) is 72.8 Å². The molecule has 9 heteroatoms. The molecule has 0 saturated heterocycles. The van der Waals surface area contributed by atoms with Crippen LogP contribution in [0, 0.1) is 6.92 Å². The second kappa shape index (κ2) is 9.49. The Hall–Kier alpha value is -3.82. The molecule has 5 rings (SSSR count). The van der Waals surface area contributed by atoms with E-state index in [-0.39, 0.29) is 5.04 Å². The lowest BCUT2D eigenvalue weighted by atomic mass is 10.1. The summed E-state index contributed by atoms with van der Waals surface area (Å²) in [6.45, 7) is 13.9. The summed E-state index contributed by atoms with van der Waals surface area (Å²) in [5.74, 6) is 1.12. The van der Waals surface area contributed by atoms with Crippen molar-refractivity contribution in [3.05, 3.63) is 72.2 Å². The molecule has 0 aliphatic heterocycles. The molecular formula is C29H35N7OSi. The van der Waals surface area contributed by atoms with Crippen molar-refractivity contribution in [3.8, 4) is 28.3 Å². The number of fused-ring (bicyclic) bond motifs is 1. The van der Waals surface area contributed by atoms with Crippen LogP contribution in [0.4, 0.5) is 5.82 Å². The van der Waals surface area contributed by atoms with Crippen LogP contribution >= 0.6 is 0 Å². The van der Waals surface area contributed by atoms with Crippen LogP contribution in [0.1, 0.15) is 32.0 Å². The Kier molecular flexibility index (Phi) is 6.44. The molecular weight excluding hydrogens is 490 g/mol. The molecule has 4 heterocycles. The summed E-state index contributed by atoms with van der Waals surface area (Å²) in [6, 6.07) is 16.2. The molecule has 0 aliphatic carbocycles. The maximum absolute atomic E-state index is 6.44. The van der Waals surface area contributed by atoms with E-state index in [9.17, 15) is 0 Å². The van der Waals surface area contributed by atoms with Crippen molar-refractivity contribution >= 4 is 25.3 Å². The molecule has 1 aromatic carbocycles. The Morgan fingerprint density at radius 1 is 0.974 bits per heavy atom. The minimum absolute atomic E-state index is 0.164. The summed E-state index contributed by atoms with van der Waals surface area (Å²) < 4.78 is 10.3. The average molecular weight is 526 g/mol. The van der Waals surface area contributed by atoms with Crippen molar-refractivity contribution in [2.24, 2.45) is 7.05 Å². The van der Waals surface area contributed by atoms with Gasteiger partial charge in [0.2, 0.25) is 0 Å². The van der Waals surface area contributed by atoms with E-state index in [4.69, 9.17) is 20.1 Å². The summed E-state index contributed by atoms with van der Waals surface area (Å²) in [4.78, 5) is 14.3. The predicted molar refractivity (Wildman–Crippen MR) is 155 cm³/mol. The number of aromatic nitrogens is 6. The first kappa shape index (κ1) is 25.8. The third-order valence-electron chi connectivity index (χ3n) is 7.47. The highest BCUT2D eigenvalue weighted by atomic mass is 28.4. The van der Waals surface area contributed by atoms with Gasteiger partial charge in [0.1, 0.15) is 11.3 Å². The van der Waals surface area contributed by atoms with Gasteiger partial charge in [-0.1, -0.05) is 32.9 Å². The third-order valence-corrected chi connectivity index (χ3v) is 12.0. The highest BCUT2D eigenvalue weighted by Crippen LogP contribution is 2.37. The molecule has 38 heavy (non-hydrogen) atoms. The number of hydrogen-bond acceptors (Lipinski definition) is 6. The number of nitrogens with zero attached hydrogens (tertiary/aromatic N) is 6. The largest absolute Gasteiger partial charge is 0.413 e. The lowest BCUT2D eigenvalue weighted by Gasteiger charge is -2.36. The lowest BCUT2D eigenvalue weighted by molar-refractivity contribution is 0.276.